The first kappa shape index (κ1) is 14.1. The second kappa shape index (κ2) is 6.70. The number of nitrogens with zero attached hydrogens (tertiary/aromatic N) is 2. The maximum atomic E-state index is 12.2. The van der Waals surface area contributed by atoms with E-state index >= 15 is 0 Å². The molecule has 5 nitrogen and oxygen atoms in total. The number of carbonyl (C=O) groups is 2. The summed E-state index contributed by atoms with van der Waals surface area (Å²) in [5.41, 5.74) is 0. The summed E-state index contributed by atoms with van der Waals surface area (Å²) in [6.07, 6.45) is 5.39. The highest BCUT2D eigenvalue weighted by atomic mass is 16.2. The lowest BCUT2D eigenvalue weighted by molar-refractivity contribution is -0.141. The van der Waals surface area contributed by atoms with E-state index in [9.17, 15) is 9.59 Å². The van der Waals surface area contributed by atoms with Gasteiger partial charge in [-0.2, -0.15) is 0 Å². The van der Waals surface area contributed by atoms with Gasteiger partial charge in [-0.1, -0.05) is 6.08 Å². The molecule has 0 radical (unpaired) electrons. The van der Waals surface area contributed by atoms with Gasteiger partial charge in [0.1, 0.15) is 0 Å². The van der Waals surface area contributed by atoms with Crippen molar-refractivity contribution in [2.75, 3.05) is 32.7 Å². The Labute approximate surface area is 114 Å². The fourth-order valence-corrected chi connectivity index (χ4v) is 2.74. The number of amides is 2. The Balaban J connectivity index is 1.88. The van der Waals surface area contributed by atoms with Crippen molar-refractivity contribution in [2.45, 2.75) is 31.7 Å². The van der Waals surface area contributed by atoms with E-state index in [4.69, 9.17) is 0 Å². The van der Waals surface area contributed by atoms with Gasteiger partial charge in [-0.25, -0.2) is 0 Å². The van der Waals surface area contributed by atoms with Gasteiger partial charge < -0.3 is 15.1 Å². The molecule has 19 heavy (non-hydrogen) atoms. The summed E-state index contributed by atoms with van der Waals surface area (Å²) in [5, 5.41) is 3.15. The molecule has 1 atom stereocenters. The Hall–Kier alpha value is -1.36. The van der Waals surface area contributed by atoms with Crippen molar-refractivity contribution < 1.29 is 9.59 Å². The first-order valence-electron chi connectivity index (χ1n) is 7.13. The number of carbonyl (C=O) groups excluding carboxylic acids is 2. The third-order valence-corrected chi connectivity index (χ3v) is 3.82. The SMILES string of the molecule is C=CCN1CCNC(CC(=O)N2CCCCC2)C1=O. The van der Waals surface area contributed by atoms with Gasteiger partial charge in [0.15, 0.2) is 0 Å². The van der Waals surface area contributed by atoms with Crippen LogP contribution in [-0.4, -0.2) is 60.4 Å². The molecule has 0 aromatic heterocycles. The number of hydrogen-bond donors (Lipinski definition) is 1. The lowest BCUT2D eigenvalue weighted by atomic mass is 10.1. The Kier molecular flexibility index (Phi) is 4.96. The van der Waals surface area contributed by atoms with Crippen LogP contribution in [0.4, 0.5) is 0 Å². The highest BCUT2D eigenvalue weighted by Gasteiger charge is 2.31. The van der Waals surface area contributed by atoms with E-state index < -0.39 is 0 Å². The molecule has 2 aliphatic rings. The zero-order valence-electron chi connectivity index (χ0n) is 11.4. The van der Waals surface area contributed by atoms with Crippen LogP contribution in [0.25, 0.3) is 0 Å². The predicted molar refractivity (Wildman–Crippen MR) is 73.6 cm³/mol. The molecule has 2 heterocycles. The molecule has 2 fully saturated rings. The van der Waals surface area contributed by atoms with Crippen LogP contribution >= 0.6 is 0 Å². The van der Waals surface area contributed by atoms with Gasteiger partial charge in [0.05, 0.1) is 12.5 Å². The minimum Gasteiger partial charge on any atom is -0.343 e. The van der Waals surface area contributed by atoms with Gasteiger partial charge in [-0.3, -0.25) is 9.59 Å². The molecule has 0 aromatic carbocycles. The molecule has 0 spiro atoms. The van der Waals surface area contributed by atoms with Gasteiger partial charge in [-0.15, -0.1) is 6.58 Å². The van der Waals surface area contributed by atoms with Crippen molar-refractivity contribution in [2.24, 2.45) is 0 Å². The minimum atomic E-state index is -0.358. The van der Waals surface area contributed by atoms with Crippen LogP contribution in [-0.2, 0) is 9.59 Å². The molecule has 2 amide bonds. The zero-order chi connectivity index (χ0) is 13.7. The maximum Gasteiger partial charge on any atom is 0.240 e. The molecule has 2 aliphatic heterocycles. The Morgan fingerprint density at radius 1 is 1.32 bits per heavy atom. The highest BCUT2D eigenvalue weighted by molar-refractivity contribution is 5.89. The highest BCUT2D eigenvalue weighted by Crippen LogP contribution is 2.12. The van der Waals surface area contributed by atoms with Gasteiger partial charge >= 0.3 is 0 Å². The van der Waals surface area contributed by atoms with E-state index in [0.29, 0.717) is 13.1 Å². The first-order chi connectivity index (χ1) is 9.22. The Morgan fingerprint density at radius 2 is 2.05 bits per heavy atom. The van der Waals surface area contributed by atoms with Crippen LogP contribution in [0.5, 0.6) is 0 Å². The Morgan fingerprint density at radius 3 is 2.74 bits per heavy atom. The number of piperidine rings is 1. The molecule has 2 rings (SSSR count). The van der Waals surface area contributed by atoms with Crippen molar-refractivity contribution in [1.29, 1.82) is 0 Å². The van der Waals surface area contributed by atoms with Gasteiger partial charge in [0.25, 0.3) is 0 Å². The smallest absolute Gasteiger partial charge is 0.240 e. The number of hydrogen-bond acceptors (Lipinski definition) is 3. The molecular formula is C14H23N3O2. The molecule has 0 saturated carbocycles. The van der Waals surface area contributed by atoms with Crippen LogP contribution < -0.4 is 5.32 Å². The fourth-order valence-electron chi connectivity index (χ4n) is 2.74. The summed E-state index contributed by atoms with van der Waals surface area (Å²) in [6.45, 7) is 7.35. The summed E-state index contributed by atoms with van der Waals surface area (Å²) in [4.78, 5) is 28.0. The van der Waals surface area contributed by atoms with E-state index in [2.05, 4.69) is 11.9 Å². The average molecular weight is 265 g/mol. The molecule has 1 unspecified atom stereocenters. The standard InChI is InChI=1S/C14H23N3O2/c1-2-7-17-10-6-15-12(14(17)19)11-13(18)16-8-4-3-5-9-16/h2,12,15H,1,3-11H2. The Bertz CT molecular complexity index is 351. The summed E-state index contributed by atoms with van der Waals surface area (Å²) < 4.78 is 0. The molecule has 5 heteroatoms. The van der Waals surface area contributed by atoms with Gasteiger partial charge in [0.2, 0.25) is 11.8 Å². The maximum absolute atomic E-state index is 12.2. The zero-order valence-corrected chi connectivity index (χ0v) is 11.4. The molecule has 0 aromatic rings. The van der Waals surface area contributed by atoms with Crippen LogP contribution in [0.15, 0.2) is 12.7 Å². The number of piperazine rings is 1. The van der Waals surface area contributed by atoms with E-state index in [1.54, 1.807) is 11.0 Å². The minimum absolute atomic E-state index is 0.0245. The van der Waals surface area contributed by atoms with Crippen molar-refractivity contribution in [1.82, 2.24) is 15.1 Å². The third-order valence-electron chi connectivity index (χ3n) is 3.82. The molecule has 106 valence electrons. The van der Waals surface area contributed by atoms with Crippen molar-refractivity contribution >= 4 is 11.8 Å². The third kappa shape index (κ3) is 3.56. The van der Waals surface area contributed by atoms with Crippen molar-refractivity contribution in [3.63, 3.8) is 0 Å². The normalized spacial score (nSPS) is 24.4. The van der Waals surface area contributed by atoms with Gasteiger partial charge in [0, 0.05) is 32.7 Å². The van der Waals surface area contributed by atoms with Crippen LogP contribution in [0.3, 0.4) is 0 Å². The summed E-state index contributed by atoms with van der Waals surface area (Å²) in [5.74, 6) is 0.127. The lowest BCUT2D eigenvalue weighted by Crippen LogP contribution is -2.56. The second-order valence-electron chi connectivity index (χ2n) is 5.23. The quantitative estimate of drug-likeness (QED) is 0.748. The van der Waals surface area contributed by atoms with E-state index in [1.807, 2.05) is 4.90 Å². The fraction of sp³-hybridized carbons (Fsp3) is 0.714. The second-order valence-corrected chi connectivity index (χ2v) is 5.23. The first-order valence-corrected chi connectivity index (χ1v) is 7.13. The molecule has 1 N–H and O–H groups in total. The molecule has 0 aliphatic carbocycles. The summed E-state index contributed by atoms with van der Waals surface area (Å²) in [7, 11) is 0. The van der Waals surface area contributed by atoms with E-state index in [-0.39, 0.29) is 24.3 Å². The van der Waals surface area contributed by atoms with E-state index in [1.165, 1.54) is 6.42 Å². The monoisotopic (exact) mass is 265 g/mol. The number of likely N-dealkylation sites (tertiary alicyclic amines) is 1. The molecule has 0 bridgehead atoms. The number of rotatable bonds is 4. The largest absolute Gasteiger partial charge is 0.343 e. The lowest BCUT2D eigenvalue weighted by Gasteiger charge is -2.34. The summed E-state index contributed by atoms with van der Waals surface area (Å²) in [6, 6.07) is -0.358. The predicted octanol–water partition coefficient (Wildman–Crippen LogP) is 0.375. The van der Waals surface area contributed by atoms with Crippen LogP contribution in [0, 0.1) is 0 Å². The average Bonchev–Trinajstić information content (AvgIpc) is 2.44. The number of nitrogens with one attached hydrogen (secondary N) is 1. The van der Waals surface area contributed by atoms with E-state index in [0.717, 1.165) is 32.5 Å². The van der Waals surface area contributed by atoms with Crippen LogP contribution in [0.1, 0.15) is 25.7 Å². The molecule has 2 saturated heterocycles. The van der Waals surface area contributed by atoms with Crippen molar-refractivity contribution in [3.8, 4) is 0 Å². The summed E-state index contributed by atoms with van der Waals surface area (Å²) >= 11 is 0. The van der Waals surface area contributed by atoms with Gasteiger partial charge in [-0.05, 0) is 19.3 Å². The van der Waals surface area contributed by atoms with Crippen molar-refractivity contribution in [3.05, 3.63) is 12.7 Å². The van der Waals surface area contributed by atoms with Crippen LogP contribution in [0.2, 0.25) is 0 Å². The molecular weight excluding hydrogens is 242 g/mol. The topological polar surface area (TPSA) is 52.7 Å².